The summed E-state index contributed by atoms with van der Waals surface area (Å²) in [7, 11) is 0. The van der Waals surface area contributed by atoms with Gasteiger partial charge in [-0.15, -0.1) is 5.92 Å². The topological polar surface area (TPSA) is 49.4 Å². The number of carbonyl (C=O) groups excluding carboxylic acids is 2. The summed E-state index contributed by atoms with van der Waals surface area (Å²) >= 11 is 0. The van der Waals surface area contributed by atoms with Crippen molar-refractivity contribution >= 4 is 11.8 Å². The first-order chi connectivity index (χ1) is 6.15. The quantitative estimate of drug-likeness (QED) is 0.545. The summed E-state index contributed by atoms with van der Waals surface area (Å²) in [6.45, 7) is 3.84. The van der Waals surface area contributed by atoms with Gasteiger partial charge in [0.15, 0.2) is 0 Å². The predicted octanol–water partition coefficient (Wildman–Crippen LogP) is -0.643. The zero-order valence-electron chi connectivity index (χ0n) is 7.76. The lowest BCUT2D eigenvalue weighted by Crippen LogP contribution is -2.56. The lowest BCUT2D eigenvalue weighted by atomic mass is 10.2. The minimum atomic E-state index is -0.417. The molecule has 0 aromatic carbocycles. The predicted molar refractivity (Wildman–Crippen MR) is 47.6 cm³/mol. The molecule has 1 N–H and O–H groups in total. The molecule has 0 bridgehead atoms. The first-order valence-electron chi connectivity index (χ1n) is 4.13. The standard InChI is InChI=1S/C9H12N2O2/c1-3-4-5-11-6-8(12)10-7(2)9(11)13/h7H,5-6H2,1-2H3,(H,10,12). The van der Waals surface area contributed by atoms with E-state index in [0.717, 1.165) is 0 Å². The minimum Gasteiger partial charge on any atom is -0.343 e. The van der Waals surface area contributed by atoms with Crippen molar-refractivity contribution in [2.75, 3.05) is 13.1 Å². The smallest absolute Gasteiger partial charge is 0.246 e. The normalized spacial score (nSPS) is 22.0. The Morgan fingerprint density at radius 1 is 1.62 bits per heavy atom. The van der Waals surface area contributed by atoms with E-state index in [4.69, 9.17) is 0 Å². The summed E-state index contributed by atoms with van der Waals surface area (Å²) in [5.74, 6) is 5.27. The molecule has 1 saturated heterocycles. The van der Waals surface area contributed by atoms with Gasteiger partial charge < -0.3 is 10.2 Å². The second kappa shape index (κ2) is 3.94. The number of amides is 2. The maximum absolute atomic E-state index is 11.4. The van der Waals surface area contributed by atoms with Crippen LogP contribution in [0.3, 0.4) is 0 Å². The molecule has 0 saturated carbocycles. The lowest BCUT2D eigenvalue weighted by Gasteiger charge is -2.29. The molecule has 0 aromatic rings. The Balaban J connectivity index is 2.64. The van der Waals surface area contributed by atoms with Crippen LogP contribution in [0.15, 0.2) is 0 Å². The minimum absolute atomic E-state index is 0.0673. The Bertz CT molecular complexity index is 288. The van der Waals surface area contributed by atoms with E-state index in [1.807, 2.05) is 0 Å². The van der Waals surface area contributed by atoms with Gasteiger partial charge >= 0.3 is 0 Å². The van der Waals surface area contributed by atoms with Crippen LogP contribution in [0.4, 0.5) is 0 Å². The molecule has 1 aliphatic rings. The zero-order valence-corrected chi connectivity index (χ0v) is 7.76. The van der Waals surface area contributed by atoms with Crippen molar-refractivity contribution in [1.82, 2.24) is 10.2 Å². The molecule has 1 unspecified atom stereocenters. The molecule has 1 heterocycles. The Hall–Kier alpha value is -1.50. The lowest BCUT2D eigenvalue weighted by molar-refractivity contribution is -0.143. The van der Waals surface area contributed by atoms with Crippen LogP contribution in [0.25, 0.3) is 0 Å². The molecule has 0 aliphatic carbocycles. The van der Waals surface area contributed by atoms with Gasteiger partial charge in [0.2, 0.25) is 11.8 Å². The number of piperazine rings is 1. The van der Waals surface area contributed by atoms with E-state index in [1.165, 1.54) is 4.90 Å². The van der Waals surface area contributed by atoms with Crippen LogP contribution in [0.1, 0.15) is 13.8 Å². The van der Waals surface area contributed by atoms with Gasteiger partial charge in [-0.05, 0) is 13.8 Å². The fourth-order valence-corrected chi connectivity index (χ4v) is 1.18. The Morgan fingerprint density at radius 2 is 2.31 bits per heavy atom. The highest BCUT2D eigenvalue weighted by Crippen LogP contribution is 2.00. The van der Waals surface area contributed by atoms with E-state index in [2.05, 4.69) is 17.2 Å². The molecule has 1 fully saturated rings. The number of rotatable bonds is 1. The van der Waals surface area contributed by atoms with Crippen LogP contribution in [-0.4, -0.2) is 35.8 Å². The van der Waals surface area contributed by atoms with E-state index < -0.39 is 6.04 Å². The van der Waals surface area contributed by atoms with Gasteiger partial charge in [-0.1, -0.05) is 5.92 Å². The third-order valence-electron chi connectivity index (χ3n) is 1.84. The largest absolute Gasteiger partial charge is 0.343 e. The van der Waals surface area contributed by atoms with Gasteiger partial charge in [0.25, 0.3) is 0 Å². The Morgan fingerprint density at radius 3 is 2.92 bits per heavy atom. The highest BCUT2D eigenvalue weighted by Gasteiger charge is 2.28. The molecule has 0 spiro atoms. The van der Waals surface area contributed by atoms with E-state index in [1.54, 1.807) is 13.8 Å². The van der Waals surface area contributed by atoms with Crippen molar-refractivity contribution in [3.8, 4) is 11.8 Å². The van der Waals surface area contributed by atoms with Crippen LogP contribution < -0.4 is 5.32 Å². The monoisotopic (exact) mass is 180 g/mol. The van der Waals surface area contributed by atoms with Gasteiger partial charge in [-0.2, -0.15) is 0 Å². The SMILES string of the molecule is CC#CCN1CC(=O)NC(C)C1=O. The molecule has 1 atom stereocenters. The third kappa shape index (κ3) is 2.22. The summed E-state index contributed by atoms with van der Waals surface area (Å²) in [6.07, 6.45) is 0. The first kappa shape index (κ1) is 9.59. The van der Waals surface area contributed by atoms with Crippen LogP contribution in [0.2, 0.25) is 0 Å². The molecular weight excluding hydrogens is 168 g/mol. The molecule has 70 valence electrons. The van der Waals surface area contributed by atoms with Gasteiger partial charge in [-0.25, -0.2) is 0 Å². The van der Waals surface area contributed by atoms with Gasteiger partial charge in [-0.3, -0.25) is 9.59 Å². The highest BCUT2D eigenvalue weighted by atomic mass is 16.2. The summed E-state index contributed by atoms with van der Waals surface area (Å²) in [5, 5.41) is 2.56. The molecule has 1 rings (SSSR count). The average Bonchev–Trinajstić information content (AvgIpc) is 2.09. The molecular formula is C9H12N2O2. The van der Waals surface area contributed by atoms with Crippen molar-refractivity contribution in [3.05, 3.63) is 0 Å². The fourth-order valence-electron chi connectivity index (χ4n) is 1.18. The maximum Gasteiger partial charge on any atom is 0.246 e. The molecule has 4 heteroatoms. The zero-order chi connectivity index (χ0) is 9.84. The summed E-state index contributed by atoms with van der Waals surface area (Å²) in [6, 6.07) is -0.417. The number of hydrogen-bond acceptors (Lipinski definition) is 2. The van der Waals surface area contributed by atoms with Gasteiger partial charge in [0.1, 0.15) is 12.6 Å². The third-order valence-corrected chi connectivity index (χ3v) is 1.84. The summed E-state index contributed by atoms with van der Waals surface area (Å²) < 4.78 is 0. The van der Waals surface area contributed by atoms with Crippen molar-refractivity contribution < 1.29 is 9.59 Å². The van der Waals surface area contributed by atoms with Crippen molar-refractivity contribution in [3.63, 3.8) is 0 Å². The number of hydrogen-bond donors (Lipinski definition) is 1. The summed E-state index contributed by atoms with van der Waals surface area (Å²) in [4.78, 5) is 23.9. The molecule has 4 nitrogen and oxygen atoms in total. The van der Waals surface area contributed by atoms with E-state index in [-0.39, 0.29) is 18.4 Å². The average molecular weight is 180 g/mol. The van der Waals surface area contributed by atoms with Crippen LogP contribution in [-0.2, 0) is 9.59 Å². The first-order valence-corrected chi connectivity index (χ1v) is 4.13. The molecule has 0 aromatic heterocycles. The number of nitrogens with one attached hydrogen (secondary N) is 1. The number of nitrogens with zero attached hydrogens (tertiary/aromatic N) is 1. The van der Waals surface area contributed by atoms with Crippen molar-refractivity contribution in [1.29, 1.82) is 0 Å². The second-order valence-electron chi connectivity index (χ2n) is 2.91. The van der Waals surface area contributed by atoms with Crippen LogP contribution >= 0.6 is 0 Å². The van der Waals surface area contributed by atoms with Gasteiger partial charge in [0, 0.05) is 0 Å². The Kier molecular flexibility index (Phi) is 2.91. The van der Waals surface area contributed by atoms with E-state index in [0.29, 0.717) is 6.54 Å². The molecule has 13 heavy (non-hydrogen) atoms. The van der Waals surface area contributed by atoms with Crippen molar-refractivity contribution in [2.45, 2.75) is 19.9 Å². The van der Waals surface area contributed by atoms with Gasteiger partial charge in [0.05, 0.1) is 6.54 Å². The highest BCUT2D eigenvalue weighted by molar-refractivity contribution is 5.94. The van der Waals surface area contributed by atoms with Crippen LogP contribution in [0, 0.1) is 11.8 Å². The second-order valence-corrected chi connectivity index (χ2v) is 2.91. The molecule has 2 amide bonds. The van der Waals surface area contributed by atoms with Crippen LogP contribution in [0.5, 0.6) is 0 Å². The molecule has 0 radical (unpaired) electrons. The fraction of sp³-hybridized carbons (Fsp3) is 0.556. The number of carbonyl (C=O) groups is 2. The maximum atomic E-state index is 11.4. The Labute approximate surface area is 77.3 Å². The van der Waals surface area contributed by atoms with E-state index in [9.17, 15) is 9.59 Å². The summed E-state index contributed by atoms with van der Waals surface area (Å²) in [5.41, 5.74) is 0. The van der Waals surface area contributed by atoms with E-state index >= 15 is 0 Å². The van der Waals surface area contributed by atoms with Crippen molar-refractivity contribution in [2.24, 2.45) is 0 Å². The molecule has 1 aliphatic heterocycles.